The zero-order chi connectivity index (χ0) is 20.3. The van der Waals surface area contributed by atoms with Crippen LogP contribution in [0.3, 0.4) is 0 Å². The van der Waals surface area contributed by atoms with Crippen molar-refractivity contribution in [2.24, 2.45) is 0 Å². The van der Waals surface area contributed by atoms with Crippen LogP contribution in [0, 0.1) is 0 Å². The Bertz CT molecular complexity index is 923. The number of anilines is 3. The van der Waals surface area contributed by atoms with Crippen LogP contribution in [0.15, 0.2) is 12.3 Å². The summed E-state index contributed by atoms with van der Waals surface area (Å²) in [6.45, 7) is 3.78. The summed E-state index contributed by atoms with van der Waals surface area (Å²) in [6.07, 6.45) is 4.51. The topological polar surface area (TPSA) is 138 Å². The minimum atomic E-state index is -3.33. The number of rotatable bonds is 7. The van der Waals surface area contributed by atoms with Crippen LogP contribution in [0.25, 0.3) is 0 Å². The van der Waals surface area contributed by atoms with Crippen molar-refractivity contribution in [1.82, 2.24) is 20.5 Å². The molecule has 0 spiro atoms. The van der Waals surface area contributed by atoms with Gasteiger partial charge in [-0.25, -0.2) is 18.2 Å². The Morgan fingerprint density at radius 2 is 2.18 bits per heavy atom. The lowest BCUT2D eigenvalue weighted by Gasteiger charge is -2.14. The number of aromatic amines is 1. The summed E-state index contributed by atoms with van der Waals surface area (Å²) in [5.74, 6) is 0.829. The summed E-state index contributed by atoms with van der Waals surface area (Å²) in [4.78, 5) is 15.9. The normalized spacial score (nSPS) is 19.6. The van der Waals surface area contributed by atoms with E-state index in [1.165, 1.54) is 17.5 Å². The van der Waals surface area contributed by atoms with Crippen LogP contribution in [-0.2, 0) is 14.8 Å². The van der Waals surface area contributed by atoms with Crippen molar-refractivity contribution in [2.45, 2.75) is 51.2 Å². The van der Waals surface area contributed by atoms with Gasteiger partial charge in [0.05, 0.1) is 12.5 Å². The van der Waals surface area contributed by atoms with Crippen molar-refractivity contribution in [3.8, 4) is 0 Å². The number of amides is 1. The number of hydrogen-bond donors (Lipinski definition) is 4. The van der Waals surface area contributed by atoms with Gasteiger partial charge in [-0.2, -0.15) is 5.10 Å². The summed E-state index contributed by atoms with van der Waals surface area (Å²) in [5.41, 5.74) is 0.962. The number of carbonyl (C=O) groups is 1. The summed E-state index contributed by atoms with van der Waals surface area (Å²) in [6, 6.07) is 1.94. The van der Waals surface area contributed by atoms with Crippen molar-refractivity contribution in [3.05, 3.63) is 18.0 Å². The molecule has 0 aliphatic heterocycles. The van der Waals surface area contributed by atoms with E-state index in [9.17, 15) is 13.2 Å². The third kappa shape index (κ3) is 5.83. The number of alkyl carbamates (subject to hydrolysis) is 1. The first-order chi connectivity index (χ1) is 13.2. The van der Waals surface area contributed by atoms with Crippen molar-refractivity contribution >= 4 is 43.4 Å². The Kier molecular flexibility index (Phi) is 6.08. The largest absolute Gasteiger partial charge is 0.446 e. The predicted molar refractivity (Wildman–Crippen MR) is 108 cm³/mol. The Morgan fingerprint density at radius 3 is 2.89 bits per heavy atom. The van der Waals surface area contributed by atoms with Crippen molar-refractivity contribution in [2.75, 3.05) is 16.3 Å². The maximum atomic E-state index is 11.7. The van der Waals surface area contributed by atoms with Gasteiger partial charge < -0.3 is 15.4 Å². The number of carbonyl (C=O) groups excluding carboxylic acids is 1. The maximum Gasteiger partial charge on any atom is 0.407 e. The minimum absolute atomic E-state index is 0.0463. The fourth-order valence-corrected chi connectivity index (χ4v) is 4.65. The highest BCUT2D eigenvalue weighted by Crippen LogP contribution is 2.36. The molecule has 154 valence electrons. The van der Waals surface area contributed by atoms with Crippen molar-refractivity contribution in [1.29, 1.82) is 0 Å². The van der Waals surface area contributed by atoms with Gasteiger partial charge in [-0.3, -0.25) is 9.82 Å². The highest BCUT2D eigenvalue weighted by Gasteiger charge is 2.30. The van der Waals surface area contributed by atoms with Crippen LogP contribution < -0.4 is 15.4 Å². The van der Waals surface area contributed by atoms with E-state index in [0.29, 0.717) is 16.0 Å². The lowest BCUT2D eigenvalue weighted by molar-refractivity contribution is 0.0981. The van der Waals surface area contributed by atoms with Crippen LogP contribution in [0.5, 0.6) is 0 Å². The zero-order valence-corrected chi connectivity index (χ0v) is 17.5. The minimum Gasteiger partial charge on any atom is -0.446 e. The molecule has 1 aliphatic rings. The van der Waals surface area contributed by atoms with Gasteiger partial charge in [-0.1, -0.05) is 11.3 Å². The van der Waals surface area contributed by atoms with Gasteiger partial charge in [0, 0.05) is 23.7 Å². The molecule has 1 fully saturated rings. The number of nitrogens with one attached hydrogen (secondary N) is 4. The lowest BCUT2D eigenvalue weighted by Crippen LogP contribution is -2.33. The van der Waals surface area contributed by atoms with Crippen LogP contribution in [-0.4, -0.2) is 48.1 Å². The SMILES string of the molecule is CC(C)NC(=O)OC1CCC(c2cc(Nc3ncc(NS(C)(=O)=O)s3)n[nH]2)C1. The highest BCUT2D eigenvalue weighted by atomic mass is 32.2. The first-order valence-electron chi connectivity index (χ1n) is 8.91. The summed E-state index contributed by atoms with van der Waals surface area (Å²) in [5, 5.41) is 14.0. The van der Waals surface area contributed by atoms with Gasteiger partial charge >= 0.3 is 6.09 Å². The number of H-pyrrole nitrogens is 1. The van der Waals surface area contributed by atoms with E-state index in [0.717, 1.165) is 31.2 Å². The first kappa shape index (κ1) is 20.4. The molecule has 2 aromatic rings. The molecule has 1 saturated carbocycles. The number of thiazole rings is 1. The van der Waals surface area contributed by atoms with E-state index in [2.05, 4.69) is 30.5 Å². The van der Waals surface area contributed by atoms with E-state index >= 15 is 0 Å². The number of nitrogens with zero attached hydrogens (tertiary/aromatic N) is 2. The van der Waals surface area contributed by atoms with Crippen LogP contribution in [0.1, 0.15) is 44.7 Å². The molecule has 4 N–H and O–H groups in total. The fourth-order valence-electron chi connectivity index (χ4n) is 3.03. The molecule has 10 nitrogen and oxygen atoms in total. The van der Waals surface area contributed by atoms with Gasteiger partial charge in [0.2, 0.25) is 10.0 Å². The van der Waals surface area contributed by atoms with Gasteiger partial charge in [-0.05, 0) is 33.1 Å². The molecule has 0 aromatic carbocycles. The van der Waals surface area contributed by atoms with E-state index in [1.807, 2.05) is 19.9 Å². The highest BCUT2D eigenvalue weighted by molar-refractivity contribution is 7.92. The van der Waals surface area contributed by atoms with Crippen LogP contribution in [0.2, 0.25) is 0 Å². The average molecular weight is 429 g/mol. The van der Waals surface area contributed by atoms with Gasteiger partial charge in [0.25, 0.3) is 0 Å². The van der Waals surface area contributed by atoms with E-state index in [-0.39, 0.29) is 24.2 Å². The Morgan fingerprint density at radius 1 is 1.39 bits per heavy atom. The quantitative estimate of drug-likeness (QED) is 0.532. The molecule has 28 heavy (non-hydrogen) atoms. The lowest BCUT2D eigenvalue weighted by atomic mass is 10.0. The fraction of sp³-hybridized carbons (Fsp3) is 0.562. The van der Waals surface area contributed by atoms with Crippen molar-refractivity contribution < 1.29 is 17.9 Å². The standard InChI is InChI=1S/C16H24N6O4S2/c1-9(2)18-16(23)26-11-5-4-10(6-11)12-7-13(21-20-12)19-15-17-8-14(27-15)22-28(3,24)25/h7-11,22H,4-6H2,1-3H3,(H,18,23)(H2,17,19,20,21). The van der Waals surface area contributed by atoms with E-state index in [4.69, 9.17) is 4.74 Å². The van der Waals surface area contributed by atoms with E-state index < -0.39 is 10.0 Å². The zero-order valence-electron chi connectivity index (χ0n) is 15.9. The first-order valence-corrected chi connectivity index (χ1v) is 11.6. The molecule has 2 atom stereocenters. The predicted octanol–water partition coefficient (Wildman–Crippen LogP) is 2.75. The molecule has 3 rings (SSSR count). The Labute approximate surface area is 167 Å². The molecule has 2 aromatic heterocycles. The second-order valence-electron chi connectivity index (χ2n) is 7.07. The second-order valence-corrected chi connectivity index (χ2v) is 9.85. The molecule has 0 radical (unpaired) electrons. The molecule has 2 heterocycles. The van der Waals surface area contributed by atoms with Gasteiger partial charge in [0.1, 0.15) is 11.1 Å². The maximum absolute atomic E-state index is 11.7. The van der Waals surface area contributed by atoms with E-state index in [1.54, 1.807) is 0 Å². The second kappa shape index (κ2) is 8.35. The third-order valence-electron chi connectivity index (χ3n) is 4.13. The number of hydrogen-bond acceptors (Lipinski definition) is 8. The number of aromatic nitrogens is 3. The Balaban J connectivity index is 1.54. The van der Waals surface area contributed by atoms with Crippen LogP contribution in [0.4, 0.5) is 20.7 Å². The van der Waals surface area contributed by atoms with Crippen molar-refractivity contribution in [3.63, 3.8) is 0 Å². The number of sulfonamides is 1. The molecule has 12 heteroatoms. The molecule has 1 aliphatic carbocycles. The molecule has 0 saturated heterocycles. The monoisotopic (exact) mass is 428 g/mol. The molecular weight excluding hydrogens is 404 g/mol. The Hall–Kier alpha value is -2.34. The molecular formula is C16H24N6O4S2. The van der Waals surface area contributed by atoms with Gasteiger partial charge in [0.15, 0.2) is 10.9 Å². The third-order valence-corrected chi connectivity index (χ3v) is 5.68. The summed E-state index contributed by atoms with van der Waals surface area (Å²) in [7, 11) is -3.33. The van der Waals surface area contributed by atoms with Crippen LogP contribution >= 0.6 is 11.3 Å². The number of ether oxygens (including phenoxy) is 1. The molecule has 1 amide bonds. The smallest absolute Gasteiger partial charge is 0.407 e. The van der Waals surface area contributed by atoms with Gasteiger partial charge in [-0.15, -0.1) is 0 Å². The summed E-state index contributed by atoms with van der Waals surface area (Å²) >= 11 is 1.18. The average Bonchev–Trinajstić information content (AvgIpc) is 3.27. The molecule has 2 unspecified atom stereocenters. The summed E-state index contributed by atoms with van der Waals surface area (Å²) < 4.78 is 30.4. The molecule has 0 bridgehead atoms.